The largest absolute Gasteiger partial charge is 0.377 e. The molecule has 0 saturated carbocycles. The van der Waals surface area contributed by atoms with E-state index in [0.717, 1.165) is 32.0 Å². The zero-order valence-electron chi connectivity index (χ0n) is 11.9. The van der Waals surface area contributed by atoms with Crippen LogP contribution in [0, 0.1) is 0 Å². The number of hydrogen-bond donors (Lipinski definition) is 1. The van der Waals surface area contributed by atoms with Crippen molar-refractivity contribution in [3.63, 3.8) is 0 Å². The Bertz CT molecular complexity index is 388. The lowest BCUT2D eigenvalue weighted by molar-refractivity contribution is -0.00461. The van der Waals surface area contributed by atoms with Crippen molar-refractivity contribution < 1.29 is 9.47 Å². The first-order valence-electron chi connectivity index (χ1n) is 6.74. The van der Waals surface area contributed by atoms with Crippen LogP contribution >= 0.6 is 0 Å². The maximum atomic E-state index is 5.45. The number of pyridine rings is 1. The minimum atomic E-state index is 0.115. The fraction of sp³-hybridized carbons (Fsp3) is 0.643. The predicted molar refractivity (Wildman–Crippen MR) is 75.4 cm³/mol. The molecule has 0 spiro atoms. The molecule has 0 amide bonds. The van der Waals surface area contributed by atoms with E-state index in [1.54, 1.807) is 14.2 Å². The number of aromatic nitrogens is 1. The SMILES string of the molecule is CCNCc1ccnc(N2CC(OC)C(OC)C2)c1. The van der Waals surface area contributed by atoms with Gasteiger partial charge in [-0.25, -0.2) is 4.98 Å². The van der Waals surface area contributed by atoms with E-state index in [-0.39, 0.29) is 12.2 Å². The Kier molecular flexibility index (Phi) is 5.13. The van der Waals surface area contributed by atoms with Crippen LogP contribution in [-0.4, -0.2) is 51.0 Å². The molecular formula is C14H23N3O2. The van der Waals surface area contributed by atoms with Crippen molar-refractivity contribution in [2.45, 2.75) is 25.7 Å². The van der Waals surface area contributed by atoms with E-state index >= 15 is 0 Å². The van der Waals surface area contributed by atoms with Gasteiger partial charge in [-0.3, -0.25) is 0 Å². The molecule has 1 aliphatic heterocycles. The third kappa shape index (κ3) is 3.43. The molecule has 2 rings (SSSR count). The number of rotatable bonds is 6. The molecule has 0 aromatic carbocycles. The van der Waals surface area contributed by atoms with Crippen molar-refractivity contribution >= 4 is 5.82 Å². The minimum Gasteiger partial charge on any atom is -0.377 e. The van der Waals surface area contributed by atoms with Crippen molar-refractivity contribution in [1.82, 2.24) is 10.3 Å². The van der Waals surface area contributed by atoms with Gasteiger partial charge >= 0.3 is 0 Å². The average Bonchev–Trinajstić information content (AvgIpc) is 2.88. The highest BCUT2D eigenvalue weighted by Gasteiger charge is 2.33. The smallest absolute Gasteiger partial charge is 0.128 e. The summed E-state index contributed by atoms with van der Waals surface area (Å²) < 4.78 is 10.9. The number of methoxy groups -OCH3 is 2. The summed E-state index contributed by atoms with van der Waals surface area (Å²) in [6, 6.07) is 4.18. The van der Waals surface area contributed by atoms with Crippen molar-refractivity contribution in [2.75, 3.05) is 38.8 Å². The normalized spacial score (nSPS) is 23.0. The lowest BCUT2D eigenvalue weighted by Gasteiger charge is -2.17. The monoisotopic (exact) mass is 265 g/mol. The molecule has 5 heteroatoms. The van der Waals surface area contributed by atoms with Crippen LogP contribution in [0.25, 0.3) is 0 Å². The summed E-state index contributed by atoms with van der Waals surface area (Å²) >= 11 is 0. The van der Waals surface area contributed by atoms with Crippen molar-refractivity contribution in [2.24, 2.45) is 0 Å². The second-order valence-corrected chi connectivity index (χ2v) is 4.76. The quantitative estimate of drug-likeness (QED) is 0.833. The van der Waals surface area contributed by atoms with Crippen LogP contribution in [0.4, 0.5) is 5.82 Å². The third-order valence-electron chi connectivity index (χ3n) is 3.53. The lowest BCUT2D eigenvalue weighted by atomic mass is 10.2. The van der Waals surface area contributed by atoms with Gasteiger partial charge in [0, 0.05) is 40.1 Å². The minimum absolute atomic E-state index is 0.115. The molecule has 1 aromatic rings. The first-order chi connectivity index (χ1) is 9.28. The van der Waals surface area contributed by atoms with Crippen LogP contribution < -0.4 is 10.2 Å². The second kappa shape index (κ2) is 6.84. The van der Waals surface area contributed by atoms with Gasteiger partial charge in [0.1, 0.15) is 18.0 Å². The van der Waals surface area contributed by atoms with Crippen LogP contribution in [0.15, 0.2) is 18.3 Å². The maximum absolute atomic E-state index is 5.45. The highest BCUT2D eigenvalue weighted by molar-refractivity contribution is 5.43. The third-order valence-corrected chi connectivity index (χ3v) is 3.53. The summed E-state index contributed by atoms with van der Waals surface area (Å²) in [5.41, 5.74) is 1.25. The summed E-state index contributed by atoms with van der Waals surface area (Å²) in [6.45, 7) is 5.61. The van der Waals surface area contributed by atoms with Gasteiger partial charge in [0.05, 0.1) is 0 Å². The topological polar surface area (TPSA) is 46.6 Å². The van der Waals surface area contributed by atoms with E-state index in [2.05, 4.69) is 28.2 Å². The Morgan fingerprint density at radius 1 is 1.32 bits per heavy atom. The Morgan fingerprint density at radius 2 is 2.00 bits per heavy atom. The zero-order chi connectivity index (χ0) is 13.7. The van der Waals surface area contributed by atoms with Crippen LogP contribution in [0.3, 0.4) is 0 Å². The summed E-state index contributed by atoms with van der Waals surface area (Å²) in [6.07, 6.45) is 2.10. The molecule has 2 heterocycles. The van der Waals surface area contributed by atoms with Crippen LogP contribution in [0.5, 0.6) is 0 Å². The zero-order valence-corrected chi connectivity index (χ0v) is 11.9. The van der Waals surface area contributed by atoms with Gasteiger partial charge in [-0.15, -0.1) is 0 Å². The molecule has 1 saturated heterocycles. The molecule has 1 aliphatic rings. The summed E-state index contributed by atoms with van der Waals surface area (Å²) in [5.74, 6) is 0.997. The molecule has 0 aliphatic carbocycles. The molecular weight excluding hydrogens is 242 g/mol. The van der Waals surface area contributed by atoms with Crippen LogP contribution in [0.1, 0.15) is 12.5 Å². The summed E-state index contributed by atoms with van der Waals surface area (Å²) in [5, 5.41) is 3.33. The van der Waals surface area contributed by atoms with Crippen LogP contribution in [0.2, 0.25) is 0 Å². The molecule has 2 atom stereocenters. The van der Waals surface area contributed by atoms with E-state index in [1.807, 2.05) is 12.3 Å². The van der Waals surface area contributed by atoms with Gasteiger partial charge in [-0.05, 0) is 24.2 Å². The number of ether oxygens (including phenoxy) is 2. The van der Waals surface area contributed by atoms with E-state index in [9.17, 15) is 0 Å². The molecule has 0 radical (unpaired) electrons. The van der Waals surface area contributed by atoms with Gasteiger partial charge in [0.25, 0.3) is 0 Å². The Hall–Kier alpha value is -1.17. The molecule has 2 unspecified atom stereocenters. The fourth-order valence-electron chi connectivity index (χ4n) is 2.40. The maximum Gasteiger partial charge on any atom is 0.128 e. The molecule has 0 bridgehead atoms. The van der Waals surface area contributed by atoms with Crippen LogP contribution in [-0.2, 0) is 16.0 Å². The Labute approximate surface area is 114 Å². The molecule has 1 fully saturated rings. The fourth-order valence-corrected chi connectivity index (χ4v) is 2.40. The van der Waals surface area contributed by atoms with Gasteiger partial charge in [-0.1, -0.05) is 6.92 Å². The summed E-state index contributed by atoms with van der Waals surface area (Å²) in [7, 11) is 3.46. The molecule has 19 heavy (non-hydrogen) atoms. The van der Waals surface area contributed by atoms with E-state index in [1.165, 1.54) is 5.56 Å². The number of hydrogen-bond acceptors (Lipinski definition) is 5. The molecule has 106 valence electrons. The second-order valence-electron chi connectivity index (χ2n) is 4.76. The lowest BCUT2D eigenvalue weighted by Crippen LogP contribution is -2.27. The average molecular weight is 265 g/mol. The standard InChI is InChI=1S/C14H23N3O2/c1-4-15-8-11-5-6-16-14(7-11)17-9-12(18-2)13(10-17)19-3/h5-7,12-13,15H,4,8-10H2,1-3H3. The molecule has 1 N–H and O–H groups in total. The van der Waals surface area contributed by atoms with Gasteiger partial charge in [0.15, 0.2) is 0 Å². The number of anilines is 1. The molecule has 1 aromatic heterocycles. The summed E-state index contributed by atoms with van der Waals surface area (Å²) in [4.78, 5) is 6.67. The number of nitrogens with zero attached hydrogens (tertiary/aromatic N) is 2. The Morgan fingerprint density at radius 3 is 2.58 bits per heavy atom. The van der Waals surface area contributed by atoms with Crippen molar-refractivity contribution in [1.29, 1.82) is 0 Å². The van der Waals surface area contributed by atoms with Gasteiger partial charge in [0.2, 0.25) is 0 Å². The first-order valence-corrected chi connectivity index (χ1v) is 6.74. The van der Waals surface area contributed by atoms with Gasteiger partial charge < -0.3 is 19.7 Å². The Balaban J connectivity index is 2.05. The first kappa shape index (κ1) is 14.2. The molecule has 5 nitrogen and oxygen atoms in total. The van der Waals surface area contributed by atoms with E-state index in [4.69, 9.17) is 9.47 Å². The van der Waals surface area contributed by atoms with E-state index in [0.29, 0.717) is 0 Å². The van der Waals surface area contributed by atoms with Crippen molar-refractivity contribution in [3.8, 4) is 0 Å². The van der Waals surface area contributed by atoms with E-state index < -0.39 is 0 Å². The number of nitrogens with one attached hydrogen (secondary N) is 1. The highest BCUT2D eigenvalue weighted by atomic mass is 16.5. The van der Waals surface area contributed by atoms with Crippen molar-refractivity contribution in [3.05, 3.63) is 23.9 Å². The highest BCUT2D eigenvalue weighted by Crippen LogP contribution is 2.22. The van der Waals surface area contributed by atoms with Gasteiger partial charge in [-0.2, -0.15) is 0 Å². The predicted octanol–water partition coefficient (Wildman–Crippen LogP) is 1.04.